The number of piperidine rings is 1. The van der Waals surface area contributed by atoms with Gasteiger partial charge in [-0.3, -0.25) is 4.90 Å². The van der Waals surface area contributed by atoms with Crippen LogP contribution < -0.4 is 0 Å². The number of rotatable bonds is 3. The van der Waals surface area contributed by atoms with Crippen molar-refractivity contribution in [3.63, 3.8) is 0 Å². The van der Waals surface area contributed by atoms with Crippen molar-refractivity contribution in [2.45, 2.75) is 65.5 Å². The Morgan fingerprint density at radius 3 is 2.38 bits per heavy atom. The fourth-order valence-electron chi connectivity index (χ4n) is 4.36. The molecule has 26 heavy (non-hydrogen) atoms. The van der Waals surface area contributed by atoms with Crippen LogP contribution in [0, 0.1) is 12.3 Å². The van der Waals surface area contributed by atoms with Gasteiger partial charge in [-0.15, -0.1) is 0 Å². The van der Waals surface area contributed by atoms with E-state index in [1.54, 1.807) is 6.07 Å². The summed E-state index contributed by atoms with van der Waals surface area (Å²) in [4.78, 5) is 2.52. The molecular formula is C22H30F3N. The van der Waals surface area contributed by atoms with Gasteiger partial charge >= 0.3 is 6.18 Å². The Bertz CT molecular complexity index is 679. The van der Waals surface area contributed by atoms with Crippen molar-refractivity contribution < 1.29 is 13.2 Å². The van der Waals surface area contributed by atoms with Gasteiger partial charge in [-0.05, 0) is 86.4 Å². The fourth-order valence-corrected chi connectivity index (χ4v) is 4.36. The topological polar surface area (TPSA) is 3.24 Å². The van der Waals surface area contributed by atoms with Gasteiger partial charge in [0.2, 0.25) is 0 Å². The molecule has 3 rings (SSSR count). The molecule has 0 unspecified atom stereocenters. The minimum Gasteiger partial charge on any atom is -0.299 e. The highest BCUT2D eigenvalue weighted by Gasteiger charge is 2.32. The van der Waals surface area contributed by atoms with E-state index < -0.39 is 11.7 Å². The second-order valence-electron chi connectivity index (χ2n) is 8.79. The molecule has 2 aliphatic rings. The maximum atomic E-state index is 13.0. The molecule has 0 aromatic heterocycles. The van der Waals surface area contributed by atoms with E-state index in [1.807, 2.05) is 6.92 Å². The minimum atomic E-state index is -4.28. The number of benzene rings is 1. The summed E-state index contributed by atoms with van der Waals surface area (Å²) >= 11 is 0. The fraction of sp³-hybridized carbons (Fsp3) is 0.636. The average Bonchev–Trinajstić information content (AvgIpc) is 2.56. The predicted octanol–water partition coefficient (Wildman–Crippen LogP) is 6.46. The summed E-state index contributed by atoms with van der Waals surface area (Å²) in [6, 6.07) is 4.25. The zero-order valence-corrected chi connectivity index (χ0v) is 16.2. The van der Waals surface area contributed by atoms with Gasteiger partial charge in [-0.2, -0.15) is 13.2 Å². The monoisotopic (exact) mass is 365 g/mol. The third-order valence-corrected chi connectivity index (χ3v) is 5.93. The van der Waals surface area contributed by atoms with Crippen LogP contribution in [0.15, 0.2) is 23.8 Å². The molecule has 0 bridgehead atoms. The van der Waals surface area contributed by atoms with Crippen molar-refractivity contribution in [2.24, 2.45) is 5.41 Å². The lowest BCUT2D eigenvalue weighted by molar-refractivity contribution is -0.137. The molecule has 0 amide bonds. The van der Waals surface area contributed by atoms with Gasteiger partial charge < -0.3 is 0 Å². The Kier molecular flexibility index (Phi) is 5.53. The summed E-state index contributed by atoms with van der Waals surface area (Å²) < 4.78 is 39.1. The molecule has 1 heterocycles. The SMILES string of the molecule is Cc1cc(C(F)(F)F)ccc1C1=C(CN2CCCCC2)CCC(C)(C)C1. The van der Waals surface area contributed by atoms with Crippen LogP contribution in [0.5, 0.6) is 0 Å². The zero-order chi connectivity index (χ0) is 18.9. The highest BCUT2D eigenvalue weighted by molar-refractivity contribution is 5.73. The van der Waals surface area contributed by atoms with E-state index in [9.17, 15) is 13.2 Å². The third kappa shape index (κ3) is 4.51. The molecule has 0 radical (unpaired) electrons. The second kappa shape index (κ2) is 7.38. The zero-order valence-electron chi connectivity index (χ0n) is 16.2. The van der Waals surface area contributed by atoms with Crippen LogP contribution >= 0.6 is 0 Å². The maximum absolute atomic E-state index is 13.0. The lowest BCUT2D eigenvalue weighted by Gasteiger charge is -2.37. The maximum Gasteiger partial charge on any atom is 0.416 e. The standard InChI is InChI=1S/C22H30F3N/c1-16-13-18(22(23,24)25)7-8-19(16)20-14-21(2,3)10-9-17(20)15-26-11-5-4-6-12-26/h7-8,13H,4-6,9-12,14-15H2,1-3H3. The van der Waals surface area contributed by atoms with E-state index >= 15 is 0 Å². The predicted molar refractivity (Wildman–Crippen MR) is 101 cm³/mol. The smallest absolute Gasteiger partial charge is 0.299 e. The molecule has 1 aliphatic carbocycles. The Morgan fingerprint density at radius 1 is 1.08 bits per heavy atom. The molecule has 0 N–H and O–H groups in total. The van der Waals surface area contributed by atoms with E-state index in [-0.39, 0.29) is 5.41 Å². The first-order valence-electron chi connectivity index (χ1n) is 9.77. The minimum absolute atomic E-state index is 0.204. The summed E-state index contributed by atoms with van der Waals surface area (Å²) in [7, 11) is 0. The Morgan fingerprint density at radius 2 is 1.77 bits per heavy atom. The van der Waals surface area contributed by atoms with Crippen LogP contribution in [0.2, 0.25) is 0 Å². The van der Waals surface area contributed by atoms with Crippen molar-refractivity contribution >= 4 is 5.57 Å². The summed E-state index contributed by atoms with van der Waals surface area (Å²) in [6.45, 7) is 9.62. The summed E-state index contributed by atoms with van der Waals surface area (Å²) in [5.41, 5.74) is 4.14. The van der Waals surface area contributed by atoms with Crippen molar-refractivity contribution in [3.8, 4) is 0 Å². The lowest BCUT2D eigenvalue weighted by Crippen LogP contribution is -2.33. The van der Waals surface area contributed by atoms with Crippen LogP contribution in [-0.4, -0.2) is 24.5 Å². The molecule has 1 nitrogen and oxygen atoms in total. The molecule has 1 aromatic rings. The van der Waals surface area contributed by atoms with Gasteiger partial charge in [0.05, 0.1) is 5.56 Å². The van der Waals surface area contributed by atoms with E-state index in [2.05, 4.69) is 18.7 Å². The molecule has 0 spiro atoms. The molecule has 1 aliphatic heterocycles. The number of alkyl halides is 3. The van der Waals surface area contributed by atoms with E-state index in [0.717, 1.165) is 50.0 Å². The van der Waals surface area contributed by atoms with Gasteiger partial charge in [-0.1, -0.05) is 31.9 Å². The van der Waals surface area contributed by atoms with Gasteiger partial charge in [-0.25, -0.2) is 0 Å². The van der Waals surface area contributed by atoms with Gasteiger partial charge in [0.25, 0.3) is 0 Å². The molecule has 0 saturated carbocycles. The third-order valence-electron chi connectivity index (χ3n) is 5.93. The molecule has 144 valence electrons. The van der Waals surface area contributed by atoms with Crippen LogP contribution in [-0.2, 0) is 6.18 Å². The highest BCUT2D eigenvalue weighted by atomic mass is 19.4. The van der Waals surface area contributed by atoms with Crippen molar-refractivity contribution in [2.75, 3.05) is 19.6 Å². The molecule has 0 atom stereocenters. The first-order valence-corrected chi connectivity index (χ1v) is 9.77. The number of likely N-dealkylation sites (tertiary alicyclic amines) is 1. The van der Waals surface area contributed by atoms with Crippen molar-refractivity contribution in [1.82, 2.24) is 4.90 Å². The quantitative estimate of drug-likeness (QED) is 0.594. The van der Waals surface area contributed by atoms with Crippen molar-refractivity contribution in [1.29, 1.82) is 0 Å². The van der Waals surface area contributed by atoms with Gasteiger partial charge in [0, 0.05) is 6.54 Å². The highest BCUT2D eigenvalue weighted by Crippen LogP contribution is 2.44. The first kappa shape index (κ1) is 19.5. The molecule has 1 aromatic carbocycles. The first-order chi connectivity index (χ1) is 12.2. The van der Waals surface area contributed by atoms with Crippen LogP contribution in [0.1, 0.15) is 69.1 Å². The number of hydrogen-bond donors (Lipinski definition) is 0. The van der Waals surface area contributed by atoms with Gasteiger partial charge in [0.15, 0.2) is 0 Å². The Balaban J connectivity index is 1.95. The Hall–Kier alpha value is -1.29. The average molecular weight is 365 g/mol. The van der Waals surface area contributed by atoms with E-state index in [4.69, 9.17) is 0 Å². The van der Waals surface area contributed by atoms with E-state index in [0.29, 0.717) is 0 Å². The molecule has 4 heteroatoms. The number of nitrogens with zero attached hydrogens (tertiary/aromatic N) is 1. The summed E-state index contributed by atoms with van der Waals surface area (Å²) in [5.74, 6) is 0. The molecule has 1 saturated heterocycles. The number of halogens is 3. The number of hydrogen-bond acceptors (Lipinski definition) is 1. The summed E-state index contributed by atoms with van der Waals surface area (Å²) in [6.07, 6.45) is 2.70. The number of aryl methyl sites for hydroxylation is 1. The van der Waals surface area contributed by atoms with Crippen molar-refractivity contribution in [3.05, 3.63) is 40.5 Å². The summed E-state index contributed by atoms with van der Waals surface area (Å²) in [5, 5.41) is 0. The largest absolute Gasteiger partial charge is 0.416 e. The second-order valence-corrected chi connectivity index (χ2v) is 8.79. The molecular weight excluding hydrogens is 335 g/mol. The van der Waals surface area contributed by atoms with Crippen LogP contribution in [0.3, 0.4) is 0 Å². The van der Waals surface area contributed by atoms with E-state index in [1.165, 1.54) is 42.5 Å². The normalized spacial score (nSPS) is 21.9. The Labute approximate surface area is 155 Å². The van der Waals surface area contributed by atoms with Gasteiger partial charge in [0.1, 0.15) is 0 Å². The van der Waals surface area contributed by atoms with Crippen LogP contribution in [0.25, 0.3) is 5.57 Å². The molecule has 1 fully saturated rings. The van der Waals surface area contributed by atoms with Crippen LogP contribution in [0.4, 0.5) is 13.2 Å². The number of allylic oxidation sites excluding steroid dienone is 1. The lowest BCUT2D eigenvalue weighted by atomic mass is 9.72.